The van der Waals surface area contributed by atoms with Crippen LogP contribution in [-0.2, 0) is 9.59 Å². The first-order chi connectivity index (χ1) is 10.8. The van der Waals surface area contributed by atoms with Crippen LogP contribution in [0.5, 0.6) is 0 Å². The monoisotopic (exact) mass is 320 g/mol. The van der Waals surface area contributed by atoms with E-state index in [1.54, 1.807) is 31.2 Å². The molecule has 1 aromatic carbocycles. The molecule has 4 amide bonds. The maximum absolute atomic E-state index is 12.3. The molecule has 5 N–H and O–H groups in total. The number of rotatable bonds is 7. The molecule has 2 unspecified atom stereocenters. The summed E-state index contributed by atoms with van der Waals surface area (Å²) in [6.45, 7) is 5.33. The summed E-state index contributed by atoms with van der Waals surface area (Å²) in [5.41, 5.74) is 5.74. The number of carbonyl (C=O) groups is 3. The molecule has 23 heavy (non-hydrogen) atoms. The van der Waals surface area contributed by atoms with E-state index in [4.69, 9.17) is 5.73 Å². The minimum Gasteiger partial charge on any atom is -0.370 e. The number of nitrogens with two attached hydrogens (primary N) is 1. The molecule has 0 spiro atoms. The lowest BCUT2D eigenvalue weighted by Gasteiger charge is -2.23. The Morgan fingerprint density at radius 2 is 1.65 bits per heavy atom. The molecule has 0 fully saturated rings. The molecular formula is C16H24N4O3. The zero-order valence-electron chi connectivity index (χ0n) is 13.6. The third-order valence-corrected chi connectivity index (χ3v) is 3.16. The number of carbonyl (C=O) groups excluding carboxylic acids is 3. The lowest BCUT2D eigenvalue weighted by molar-refractivity contribution is -0.124. The highest BCUT2D eigenvalue weighted by atomic mass is 16.2. The second-order valence-corrected chi connectivity index (χ2v) is 5.77. The van der Waals surface area contributed by atoms with Crippen molar-refractivity contribution in [3.63, 3.8) is 0 Å². The van der Waals surface area contributed by atoms with Crippen molar-refractivity contribution in [2.45, 2.75) is 39.3 Å². The van der Waals surface area contributed by atoms with Crippen molar-refractivity contribution in [3.8, 4) is 0 Å². The van der Waals surface area contributed by atoms with Crippen LogP contribution >= 0.6 is 0 Å². The largest absolute Gasteiger partial charge is 0.370 e. The van der Waals surface area contributed by atoms with Crippen LogP contribution in [0.4, 0.5) is 10.5 Å². The molecule has 0 saturated heterocycles. The zero-order valence-corrected chi connectivity index (χ0v) is 13.6. The van der Waals surface area contributed by atoms with Crippen molar-refractivity contribution in [1.29, 1.82) is 0 Å². The van der Waals surface area contributed by atoms with Gasteiger partial charge in [-0.3, -0.25) is 9.59 Å². The standard InChI is InChI=1S/C16H24N4O3/c1-10(2)14(15(22)18-11(3)9-13(17)21)20-16(23)19-12-7-5-4-6-8-12/h4-8,10-11,14H,9H2,1-3H3,(H2,17,21)(H,18,22)(H2,19,20,23). The molecule has 7 heteroatoms. The van der Waals surface area contributed by atoms with Gasteiger partial charge in [0.05, 0.1) is 0 Å². The highest BCUT2D eigenvalue weighted by Crippen LogP contribution is 2.07. The Balaban J connectivity index is 2.61. The van der Waals surface area contributed by atoms with Gasteiger partial charge in [-0.25, -0.2) is 4.79 Å². The highest BCUT2D eigenvalue weighted by Gasteiger charge is 2.25. The quantitative estimate of drug-likeness (QED) is 0.605. The molecule has 0 aliphatic rings. The lowest BCUT2D eigenvalue weighted by Crippen LogP contribution is -2.53. The smallest absolute Gasteiger partial charge is 0.319 e. The Hall–Kier alpha value is -2.57. The molecule has 0 aliphatic heterocycles. The third-order valence-electron chi connectivity index (χ3n) is 3.16. The second-order valence-electron chi connectivity index (χ2n) is 5.77. The van der Waals surface area contributed by atoms with Crippen molar-refractivity contribution in [1.82, 2.24) is 10.6 Å². The molecular weight excluding hydrogens is 296 g/mol. The topological polar surface area (TPSA) is 113 Å². The average Bonchev–Trinajstić information content (AvgIpc) is 2.44. The van der Waals surface area contributed by atoms with E-state index < -0.39 is 18.0 Å². The van der Waals surface area contributed by atoms with E-state index in [0.717, 1.165) is 0 Å². The predicted molar refractivity (Wildman–Crippen MR) is 88.6 cm³/mol. The van der Waals surface area contributed by atoms with Crippen LogP contribution in [-0.4, -0.2) is 29.9 Å². The number of urea groups is 1. The minimum atomic E-state index is -0.714. The summed E-state index contributed by atoms with van der Waals surface area (Å²) in [4.78, 5) is 35.1. The summed E-state index contributed by atoms with van der Waals surface area (Å²) in [7, 11) is 0. The van der Waals surface area contributed by atoms with Crippen LogP contribution < -0.4 is 21.7 Å². The Labute approximate surface area is 136 Å². The fourth-order valence-corrected chi connectivity index (χ4v) is 2.05. The number of anilines is 1. The van der Waals surface area contributed by atoms with Crippen LogP contribution in [0.2, 0.25) is 0 Å². The maximum Gasteiger partial charge on any atom is 0.319 e. The normalized spacial score (nSPS) is 13.0. The predicted octanol–water partition coefficient (Wildman–Crippen LogP) is 1.21. The molecule has 1 rings (SSSR count). The van der Waals surface area contributed by atoms with E-state index in [9.17, 15) is 14.4 Å². The van der Waals surface area contributed by atoms with E-state index in [1.807, 2.05) is 19.9 Å². The van der Waals surface area contributed by atoms with E-state index in [2.05, 4.69) is 16.0 Å². The van der Waals surface area contributed by atoms with Crippen LogP contribution in [0.15, 0.2) is 30.3 Å². The fourth-order valence-electron chi connectivity index (χ4n) is 2.05. The molecule has 0 aliphatic carbocycles. The second kappa shape index (κ2) is 8.77. The molecule has 0 radical (unpaired) electrons. The van der Waals surface area contributed by atoms with Gasteiger partial charge >= 0.3 is 6.03 Å². The van der Waals surface area contributed by atoms with Crippen molar-refractivity contribution >= 4 is 23.5 Å². The van der Waals surface area contributed by atoms with Gasteiger partial charge in [0.25, 0.3) is 0 Å². The first-order valence-corrected chi connectivity index (χ1v) is 7.50. The van der Waals surface area contributed by atoms with Gasteiger partial charge in [-0.05, 0) is 25.0 Å². The molecule has 0 heterocycles. The Morgan fingerprint density at radius 1 is 1.04 bits per heavy atom. The SMILES string of the molecule is CC(CC(N)=O)NC(=O)C(NC(=O)Nc1ccccc1)C(C)C. The Kier molecular flexibility index (Phi) is 7.05. The summed E-state index contributed by atoms with van der Waals surface area (Å²) in [6.07, 6.45) is 0.0484. The number of primary amides is 1. The van der Waals surface area contributed by atoms with Crippen molar-refractivity contribution in [2.75, 3.05) is 5.32 Å². The molecule has 0 bridgehead atoms. The van der Waals surface area contributed by atoms with Crippen molar-refractivity contribution in [2.24, 2.45) is 11.7 Å². The molecule has 1 aromatic rings. The molecule has 7 nitrogen and oxygen atoms in total. The van der Waals surface area contributed by atoms with Gasteiger partial charge in [-0.2, -0.15) is 0 Å². The minimum absolute atomic E-state index is 0.0484. The number of nitrogens with one attached hydrogen (secondary N) is 3. The average molecular weight is 320 g/mol. The zero-order chi connectivity index (χ0) is 17.4. The Morgan fingerprint density at radius 3 is 2.17 bits per heavy atom. The molecule has 2 atom stereocenters. The number of hydrogen-bond acceptors (Lipinski definition) is 3. The van der Waals surface area contributed by atoms with Gasteiger partial charge in [-0.15, -0.1) is 0 Å². The summed E-state index contributed by atoms with van der Waals surface area (Å²) in [5, 5.41) is 7.99. The first kappa shape index (κ1) is 18.5. The number of amides is 4. The van der Waals surface area contributed by atoms with E-state index in [1.165, 1.54) is 0 Å². The van der Waals surface area contributed by atoms with Crippen LogP contribution in [0.3, 0.4) is 0 Å². The first-order valence-electron chi connectivity index (χ1n) is 7.50. The number of hydrogen-bond donors (Lipinski definition) is 4. The van der Waals surface area contributed by atoms with Gasteiger partial charge in [0, 0.05) is 18.2 Å². The van der Waals surface area contributed by atoms with Gasteiger partial charge < -0.3 is 21.7 Å². The van der Waals surface area contributed by atoms with Crippen LogP contribution in [0.1, 0.15) is 27.2 Å². The summed E-state index contributed by atoms with van der Waals surface area (Å²) in [6, 6.07) is 7.37. The van der Waals surface area contributed by atoms with E-state index in [0.29, 0.717) is 5.69 Å². The number of benzene rings is 1. The summed E-state index contributed by atoms with van der Waals surface area (Å²) >= 11 is 0. The van der Waals surface area contributed by atoms with E-state index in [-0.39, 0.29) is 24.3 Å². The van der Waals surface area contributed by atoms with Gasteiger partial charge in [-0.1, -0.05) is 32.0 Å². The lowest BCUT2D eigenvalue weighted by atomic mass is 10.0. The van der Waals surface area contributed by atoms with Gasteiger partial charge in [0.1, 0.15) is 6.04 Å². The van der Waals surface area contributed by atoms with Crippen molar-refractivity contribution < 1.29 is 14.4 Å². The maximum atomic E-state index is 12.3. The molecule has 126 valence electrons. The highest BCUT2D eigenvalue weighted by molar-refractivity contribution is 5.94. The third kappa shape index (κ3) is 6.82. The van der Waals surface area contributed by atoms with E-state index >= 15 is 0 Å². The fraction of sp³-hybridized carbons (Fsp3) is 0.438. The molecule has 0 saturated carbocycles. The molecule has 0 aromatic heterocycles. The summed E-state index contributed by atoms with van der Waals surface area (Å²) < 4.78 is 0. The van der Waals surface area contributed by atoms with Gasteiger partial charge in [0.2, 0.25) is 11.8 Å². The van der Waals surface area contributed by atoms with Crippen LogP contribution in [0.25, 0.3) is 0 Å². The van der Waals surface area contributed by atoms with Crippen molar-refractivity contribution in [3.05, 3.63) is 30.3 Å². The summed E-state index contributed by atoms with van der Waals surface area (Å²) in [5.74, 6) is -0.956. The number of para-hydroxylation sites is 1. The van der Waals surface area contributed by atoms with Crippen LogP contribution in [0, 0.1) is 5.92 Å². The Bertz CT molecular complexity index is 546. The van der Waals surface area contributed by atoms with Gasteiger partial charge in [0.15, 0.2) is 0 Å².